The lowest BCUT2D eigenvalue weighted by atomic mass is 10.1. The molecule has 5 heteroatoms. The van der Waals surface area contributed by atoms with Gasteiger partial charge in [-0.05, 0) is 36.6 Å². The van der Waals surface area contributed by atoms with Gasteiger partial charge in [0.05, 0.1) is 4.92 Å². The summed E-state index contributed by atoms with van der Waals surface area (Å²) in [6.45, 7) is 4.37. The Hall–Kier alpha value is -2.43. The maximum absolute atomic E-state index is 11.0. The molecule has 0 aliphatic carbocycles. The second-order valence-electron chi connectivity index (χ2n) is 4.38. The molecule has 0 atom stereocenters. The zero-order valence-electron chi connectivity index (χ0n) is 10.9. The molecule has 19 heavy (non-hydrogen) atoms. The Kier molecular flexibility index (Phi) is 3.75. The molecule has 0 fully saturated rings. The minimum Gasteiger partial charge on any atom is -0.375 e. The third-order valence-electron chi connectivity index (χ3n) is 3.04. The molecular weight excluding hydrogens is 242 g/mol. The van der Waals surface area contributed by atoms with Crippen LogP contribution >= 0.6 is 0 Å². The molecule has 0 aliphatic rings. The fraction of sp³-hybridized carbons (Fsp3) is 0.214. The largest absolute Gasteiger partial charge is 0.375 e. The van der Waals surface area contributed by atoms with Gasteiger partial charge in [0.15, 0.2) is 0 Å². The van der Waals surface area contributed by atoms with Gasteiger partial charge >= 0.3 is 0 Å². The molecule has 1 heterocycles. The number of benzene rings is 1. The van der Waals surface area contributed by atoms with E-state index in [-0.39, 0.29) is 10.6 Å². The van der Waals surface area contributed by atoms with E-state index in [1.165, 1.54) is 6.07 Å². The van der Waals surface area contributed by atoms with Crippen molar-refractivity contribution in [2.24, 2.45) is 0 Å². The average Bonchev–Trinajstić information content (AvgIpc) is 2.38. The van der Waals surface area contributed by atoms with Gasteiger partial charge in [-0.25, -0.2) is 0 Å². The lowest BCUT2D eigenvalue weighted by Crippen LogP contribution is -2.05. The van der Waals surface area contributed by atoms with E-state index in [2.05, 4.69) is 10.3 Å². The summed E-state index contributed by atoms with van der Waals surface area (Å²) in [6.07, 6.45) is 3.50. The maximum Gasteiger partial charge on any atom is 0.292 e. The first-order chi connectivity index (χ1) is 9.09. The molecule has 0 bridgehead atoms. The van der Waals surface area contributed by atoms with Crippen LogP contribution in [0.4, 0.5) is 11.4 Å². The summed E-state index contributed by atoms with van der Waals surface area (Å²) < 4.78 is 0. The first-order valence-electron chi connectivity index (χ1n) is 5.97. The van der Waals surface area contributed by atoms with Crippen LogP contribution in [0.25, 0.3) is 0 Å². The number of rotatable bonds is 4. The summed E-state index contributed by atoms with van der Waals surface area (Å²) in [5.41, 5.74) is 3.68. The van der Waals surface area contributed by atoms with E-state index in [1.807, 2.05) is 26.0 Å². The zero-order valence-corrected chi connectivity index (χ0v) is 10.9. The van der Waals surface area contributed by atoms with E-state index in [4.69, 9.17) is 0 Å². The molecule has 1 aromatic carbocycles. The van der Waals surface area contributed by atoms with E-state index in [0.29, 0.717) is 12.2 Å². The summed E-state index contributed by atoms with van der Waals surface area (Å²) in [4.78, 5) is 14.7. The first-order valence-corrected chi connectivity index (χ1v) is 5.97. The van der Waals surface area contributed by atoms with Crippen LogP contribution in [0.1, 0.15) is 16.7 Å². The van der Waals surface area contributed by atoms with Crippen LogP contribution in [-0.2, 0) is 6.54 Å². The number of nitro benzene ring substituents is 1. The molecule has 5 nitrogen and oxygen atoms in total. The highest BCUT2D eigenvalue weighted by Gasteiger charge is 2.15. The first kappa shape index (κ1) is 13.0. The van der Waals surface area contributed by atoms with Crippen LogP contribution in [-0.4, -0.2) is 9.91 Å². The molecule has 0 saturated carbocycles. The van der Waals surface area contributed by atoms with Crippen molar-refractivity contribution in [1.82, 2.24) is 4.98 Å². The maximum atomic E-state index is 11.0. The molecule has 0 unspecified atom stereocenters. The zero-order chi connectivity index (χ0) is 13.8. The number of hydrogen-bond acceptors (Lipinski definition) is 4. The third-order valence-corrected chi connectivity index (χ3v) is 3.04. The third kappa shape index (κ3) is 2.88. The average molecular weight is 257 g/mol. The Morgan fingerprint density at radius 1 is 1.26 bits per heavy atom. The van der Waals surface area contributed by atoms with Crippen LogP contribution in [0.15, 0.2) is 36.7 Å². The minimum atomic E-state index is -0.366. The Bertz CT molecular complexity index is 611. The SMILES string of the molecule is Cc1cnccc1CNc1c(C)cccc1[N+](=O)[O-]. The Morgan fingerprint density at radius 2 is 2.05 bits per heavy atom. The highest BCUT2D eigenvalue weighted by molar-refractivity contribution is 5.66. The highest BCUT2D eigenvalue weighted by atomic mass is 16.6. The van der Waals surface area contributed by atoms with Gasteiger partial charge in [-0.2, -0.15) is 0 Å². The summed E-state index contributed by atoms with van der Waals surface area (Å²) in [5.74, 6) is 0. The molecule has 2 aromatic rings. The number of nitro groups is 1. The lowest BCUT2D eigenvalue weighted by molar-refractivity contribution is -0.384. The van der Waals surface area contributed by atoms with Gasteiger partial charge in [0.1, 0.15) is 5.69 Å². The van der Waals surface area contributed by atoms with Crippen LogP contribution in [0.2, 0.25) is 0 Å². The number of nitrogens with one attached hydrogen (secondary N) is 1. The van der Waals surface area contributed by atoms with Gasteiger partial charge in [0.25, 0.3) is 5.69 Å². The van der Waals surface area contributed by atoms with Gasteiger partial charge in [-0.15, -0.1) is 0 Å². The number of aryl methyl sites for hydroxylation is 2. The van der Waals surface area contributed by atoms with Crippen molar-refractivity contribution >= 4 is 11.4 Å². The van der Waals surface area contributed by atoms with Gasteiger partial charge in [-0.3, -0.25) is 15.1 Å². The summed E-state index contributed by atoms with van der Waals surface area (Å²) in [5, 5.41) is 14.2. The summed E-state index contributed by atoms with van der Waals surface area (Å²) in [6, 6.07) is 6.96. The van der Waals surface area contributed by atoms with Gasteiger partial charge < -0.3 is 5.32 Å². The molecule has 0 radical (unpaired) electrons. The van der Waals surface area contributed by atoms with E-state index >= 15 is 0 Å². The smallest absolute Gasteiger partial charge is 0.292 e. The Balaban J connectivity index is 2.25. The van der Waals surface area contributed by atoms with Gasteiger partial charge in [-0.1, -0.05) is 12.1 Å². The predicted octanol–water partition coefficient (Wildman–Crippen LogP) is 3.22. The number of pyridine rings is 1. The molecule has 1 N–H and O–H groups in total. The number of nitrogens with zero attached hydrogens (tertiary/aromatic N) is 2. The van der Waals surface area contributed by atoms with Gasteiger partial charge in [0, 0.05) is 25.0 Å². The molecule has 2 rings (SSSR count). The summed E-state index contributed by atoms with van der Waals surface area (Å²) in [7, 11) is 0. The van der Waals surface area contributed by atoms with Crippen LogP contribution < -0.4 is 5.32 Å². The van der Waals surface area contributed by atoms with E-state index < -0.39 is 0 Å². The highest BCUT2D eigenvalue weighted by Crippen LogP contribution is 2.28. The van der Waals surface area contributed by atoms with Crippen molar-refractivity contribution in [3.63, 3.8) is 0 Å². The van der Waals surface area contributed by atoms with Crippen molar-refractivity contribution in [3.05, 3.63) is 63.5 Å². The van der Waals surface area contributed by atoms with Crippen molar-refractivity contribution < 1.29 is 4.92 Å². The quantitative estimate of drug-likeness (QED) is 0.674. The van der Waals surface area contributed by atoms with Crippen LogP contribution in [0, 0.1) is 24.0 Å². The standard InChI is InChI=1S/C14H15N3O2/c1-10-4-3-5-13(17(18)19)14(10)16-9-12-6-7-15-8-11(12)2/h3-8,16H,9H2,1-2H3. The normalized spacial score (nSPS) is 10.2. The van der Waals surface area contributed by atoms with Gasteiger partial charge in [0.2, 0.25) is 0 Å². The monoisotopic (exact) mass is 257 g/mol. The molecular formula is C14H15N3O2. The number of aromatic nitrogens is 1. The Morgan fingerprint density at radius 3 is 2.74 bits per heavy atom. The summed E-state index contributed by atoms with van der Waals surface area (Å²) >= 11 is 0. The number of anilines is 1. The lowest BCUT2D eigenvalue weighted by Gasteiger charge is -2.11. The van der Waals surface area contributed by atoms with Crippen molar-refractivity contribution in [3.8, 4) is 0 Å². The second kappa shape index (κ2) is 5.48. The van der Waals surface area contributed by atoms with E-state index in [1.54, 1.807) is 18.5 Å². The van der Waals surface area contributed by atoms with Crippen LogP contribution in [0.3, 0.4) is 0 Å². The molecule has 0 aliphatic heterocycles. The molecule has 0 spiro atoms. The molecule has 0 saturated heterocycles. The minimum absolute atomic E-state index is 0.103. The van der Waals surface area contributed by atoms with E-state index in [0.717, 1.165) is 16.7 Å². The number of para-hydroxylation sites is 1. The molecule has 98 valence electrons. The van der Waals surface area contributed by atoms with Crippen molar-refractivity contribution in [2.75, 3.05) is 5.32 Å². The Labute approximate surface area is 111 Å². The van der Waals surface area contributed by atoms with Crippen LogP contribution in [0.5, 0.6) is 0 Å². The van der Waals surface area contributed by atoms with Crippen molar-refractivity contribution in [1.29, 1.82) is 0 Å². The number of hydrogen-bond donors (Lipinski definition) is 1. The second-order valence-corrected chi connectivity index (χ2v) is 4.38. The fourth-order valence-corrected chi connectivity index (χ4v) is 1.92. The van der Waals surface area contributed by atoms with E-state index in [9.17, 15) is 10.1 Å². The fourth-order valence-electron chi connectivity index (χ4n) is 1.92. The topological polar surface area (TPSA) is 68.1 Å². The molecule has 1 aromatic heterocycles. The molecule has 0 amide bonds. The van der Waals surface area contributed by atoms with Crippen molar-refractivity contribution in [2.45, 2.75) is 20.4 Å². The predicted molar refractivity (Wildman–Crippen MR) is 74.1 cm³/mol.